The predicted molar refractivity (Wildman–Crippen MR) is 79.1 cm³/mol. The quantitative estimate of drug-likeness (QED) is 0.821. The van der Waals surface area contributed by atoms with Gasteiger partial charge in [0.15, 0.2) is 11.6 Å². The summed E-state index contributed by atoms with van der Waals surface area (Å²) >= 11 is 0. The van der Waals surface area contributed by atoms with Crippen molar-refractivity contribution in [3.05, 3.63) is 59.8 Å². The van der Waals surface area contributed by atoms with Gasteiger partial charge < -0.3 is 11.1 Å². The van der Waals surface area contributed by atoms with E-state index in [1.54, 1.807) is 24.5 Å². The molecule has 2 rings (SSSR count). The minimum Gasteiger partial charge on any atom is -0.381 e. The molecule has 2 aromatic heterocycles. The summed E-state index contributed by atoms with van der Waals surface area (Å²) in [4.78, 5) is 7.91. The van der Waals surface area contributed by atoms with E-state index in [4.69, 9.17) is 5.73 Å². The van der Waals surface area contributed by atoms with Crippen LogP contribution in [-0.2, 0) is 6.42 Å². The number of hydrogen-bond acceptors (Lipinski definition) is 4. The van der Waals surface area contributed by atoms with Crippen molar-refractivity contribution >= 4 is 11.5 Å². The number of halogens is 1. The molecule has 0 saturated carbocycles. The first-order valence-corrected chi connectivity index (χ1v) is 6.30. The Balaban J connectivity index is 2.29. The highest BCUT2D eigenvalue weighted by Crippen LogP contribution is 2.22. The van der Waals surface area contributed by atoms with Crippen LogP contribution in [0.3, 0.4) is 0 Å². The van der Waals surface area contributed by atoms with E-state index in [1.165, 1.54) is 6.20 Å². The summed E-state index contributed by atoms with van der Waals surface area (Å²) in [6.45, 7) is 6.30. The first-order chi connectivity index (χ1) is 9.63. The lowest BCUT2D eigenvalue weighted by Crippen LogP contribution is -2.05. The molecule has 0 aliphatic heterocycles. The Labute approximate surface area is 117 Å². The molecule has 0 amide bonds. The molecule has 0 spiro atoms. The fourth-order valence-electron chi connectivity index (χ4n) is 1.95. The summed E-state index contributed by atoms with van der Waals surface area (Å²) in [5, 5.41) is 3.20. The van der Waals surface area contributed by atoms with Gasteiger partial charge in [-0.3, -0.25) is 4.98 Å². The van der Waals surface area contributed by atoms with Gasteiger partial charge in [0, 0.05) is 25.4 Å². The number of aromatic nitrogens is 2. The molecule has 104 valence electrons. The highest BCUT2D eigenvalue weighted by molar-refractivity contribution is 5.53. The van der Waals surface area contributed by atoms with Crippen LogP contribution in [0, 0.1) is 12.7 Å². The highest BCUT2D eigenvalue weighted by atomic mass is 19.1. The van der Waals surface area contributed by atoms with Gasteiger partial charge in [-0.05, 0) is 29.7 Å². The van der Waals surface area contributed by atoms with Gasteiger partial charge in [0.05, 0.1) is 11.9 Å². The van der Waals surface area contributed by atoms with Crippen molar-refractivity contribution in [2.24, 2.45) is 0 Å². The van der Waals surface area contributed by atoms with E-state index in [2.05, 4.69) is 21.9 Å². The molecule has 2 aromatic rings. The maximum absolute atomic E-state index is 13.9. The largest absolute Gasteiger partial charge is 0.381 e. The lowest BCUT2D eigenvalue weighted by molar-refractivity contribution is 0.613. The van der Waals surface area contributed by atoms with Crippen LogP contribution in [0.4, 0.5) is 15.9 Å². The van der Waals surface area contributed by atoms with E-state index in [-0.39, 0.29) is 5.82 Å². The van der Waals surface area contributed by atoms with Crippen LogP contribution in [0.1, 0.15) is 16.7 Å². The maximum Gasteiger partial charge on any atom is 0.168 e. The molecule has 4 nitrogen and oxygen atoms in total. The minimum absolute atomic E-state index is 0.0750. The summed E-state index contributed by atoms with van der Waals surface area (Å²) in [7, 11) is 0. The molecule has 20 heavy (non-hydrogen) atoms. The van der Waals surface area contributed by atoms with Crippen molar-refractivity contribution in [1.82, 2.24) is 9.97 Å². The number of anilines is 2. The molecule has 0 atom stereocenters. The monoisotopic (exact) mass is 272 g/mol. The van der Waals surface area contributed by atoms with Gasteiger partial charge in [-0.15, -0.1) is 6.58 Å². The Hall–Kier alpha value is -2.43. The van der Waals surface area contributed by atoms with E-state index >= 15 is 0 Å². The lowest BCUT2D eigenvalue weighted by atomic mass is 10.0. The van der Waals surface area contributed by atoms with Crippen LogP contribution in [0.25, 0.3) is 0 Å². The molecule has 3 N–H and O–H groups in total. The average Bonchev–Trinajstić information content (AvgIpc) is 2.44. The first kappa shape index (κ1) is 14.0. The fourth-order valence-corrected chi connectivity index (χ4v) is 1.95. The molecule has 0 saturated heterocycles. The summed E-state index contributed by atoms with van der Waals surface area (Å²) in [6.07, 6.45) is 7.21. The molecule has 2 heterocycles. The Morgan fingerprint density at radius 2 is 2.20 bits per heavy atom. The number of hydrogen-bond donors (Lipinski definition) is 2. The summed E-state index contributed by atoms with van der Waals surface area (Å²) in [5.41, 5.74) is 8.91. The summed E-state index contributed by atoms with van der Waals surface area (Å²) in [5.74, 6) is -0.537. The Kier molecular flexibility index (Phi) is 4.30. The number of nitrogen functional groups attached to an aromatic ring is 1. The minimum atomic E-state index is -0.462. The van der Waals surface area contributed by atoms with E-state index in [0.717, 1.165) is 16.8 Å². The second-order valence-corrected chi connectivity index (χ2v) is 4.49. The van der Waals surface area contributed by atoms with Gasteiger partial charge in [-0.25, -0.2) is 9.37 Å². The maximum atomic E-state index is 13.9. The zero-order chi connectivity index (χ0) is 14.5. The van der Waals surface area contributed by atoms with Crippen molar-refractivity contribution in [2.75, 3.05) is 17.6 Å². The van der Waals surface area contributed by atoms with Crippen molar-refractivity contribution in [3.63, 3.8) is 0 Å². The molecule has 0 radical (unpaired) electrons. The standard InChI is InChI=1S/C15H17FN4/c1-3-5-19-13-9-18-8-12(10(13)2)7-11-4-6-20-15(17)14(11)16/h3-4,6,8-9,19H,1,5,7H2,2H3,(H2,17,20). The van der Waals surface area contributed by atoms with Crippen LogP contribution in [-0.4, -0.2) is 16.5 Å². The third kappa shape index (κ3) is 2.93. The zero-order valence-electron chi connectivity index (χ0n) is 11.4. The third-order valence-corrected chi connectivity index (χ3v) is 3.13. The smallest absolute Gasteiger partial charge is 0.168 e. The fraction of sp³-hybridized carbons (Fsp3) is 0.200. The van der Waals surface area contributed by atoms with Gasteiger partial charge in [0.25, 0.3) is 0 Å². The summed E-state index contributed by atoms with van der Waals surface area (Å²) in [6, 6.07) is 1.63. The molecule has 5 heteroatoms. The second-order valence-electron chi connectivity index (χ2n) is 4.49. The molecule has 0 fully saturated rings. The first-order valence-electron chi connectivity index (χ1n) is 6.30. The number of nitrogens with two attached hydrogens (primary N) is 1. The van der Waals surface area contributed by atoms with Crippen LogP contribution < -0.4 is 11.1 Å². The van der Waals surface area contributed by atoms with E-state index in [0.29, 0.717) is 18.5 Å². The molecular formula is C15H17FN4. The van der Waals surface area contributed by atoms with Crippen LogP contribution in [0.5, 0.6) is 0 Å². The highest BCUT2D eigenvalue weighted by Gasteiger charge is 2.10. The summed E-state index contributed by atoms with van der Waals surface area (Å²) < 4.78 is 13.9. The van der Waals surface area contributed by atoms with Crippen LogP contribution >= 0.6 is 0 Å². The van der Waals surface area contributed by atoms with Crippen molar-refractivity contribution in [3.8, 4) is 0 Å². The Morgan fingerprint density at radius 1 is 1.40 bits per heavy atom. The lowest BCUT2D eigenvalue weighted by Gasteiger charge is -2.12. The molecule has 0 bridgehead atoms. The van der Waals surface area contributed by atoms with Gasteiger partial charge >= 0.3 is 0 Å². The Morgan fingerprint density at radius 3 is 2.95 bits per heavy atom. The molecular weight excluding hydrogens is 255 g/mol. The average molecular weight is 272 g/mol. The third-order valence-electron chi connectivity index (χ3n) is 3.13. The van der Waals surface area contributed by atoms with Crippen molar-refractivity contribution in [2.45, 2.75) is 13.3 Å². The molecule has 0 aliphatic carbocycles. The van der Waals surface area contributed by atoms with E-state index < -0.39 is 5.82 Å². The number of nitrogens with zero attached hydrogens (tertiary/aromatic N) is 2. The van der Waals surface area contributed by atoms with E-state index in [1.807, 2.05) is 6.92 Å². The topological polar surface area (TPSA) is 63.8 Å². The van der Waals surface area contributed by atoms with Gasteiger partial charge in [-0.1, -0.05) is 6.08 Å². The number of rotatable bonds is 5. The second kappa shape index (κ2) is 6.14. The van der Waals surface area contributed by atoms with E-state index in [9.17, 15) is 4.39 Å². The van der Waals surface area contributed by atoms with Crippen molar-refractivity contribution < 1.29 is 4.39 Å². The number of nitrogens with one attached hydrogen (secondary N) is 1. The van der Waals surface area contributed by atoms with Crippen molar-refractivity contribution in [1.29, 1.82) is 0 Å². The molecule has 0 aliphatic rings. The van der Waals surface area contributed by atoms with Gasteiger partial charge in [0.1, 0.15) is 0 Å². The Bertz CT molecular complexity index is 625. The zero-order valence-corrected chi connectivity index (χ0v) is 11.4. The SMILES string of the molecule is C=CCNc1cncc(Cc2ccnc(N)c2F)c1C. The van der Waals surface area contributed by atoms with Crippen LogP contribution in [0.15, 0.2) is 37.3 Å². The van der Waals surface area contributed by atoms with Gasteiger partial charge in [0.2, 0.25) is 0 Å². The predicted octanol–water partition coefficient (Wildman–Crippen LogP) is 2.70. The number of pyridine rings is 2. The molecule has 0 aromatic carbocycles. The molecule has 0 unspecified atom stereocenters. The van der Waals surface area contributed by atoms with Gasteiger partial charge in [-0.2, -0.15) is 0 Å². The van der Waals surface area contributed by atoms with Crippen LogP contribution in [0.2, 0.25) is 0 Å². The normalized spacial score (nSPS) is 10.3.